The van der Waals surface area contributed by atoms with Gasteiger partial charge in [-0.3, -0.25) is 4.79 Å². The Morgan fingerprint density at radius 3 is 2.77 bits per heavy atom. The molecule has 7 heteroatoms. The molecule has 0 unspecified atom stereocenters. The molecule has 4 N–H and O–H groups in total. The molecule has 0 atom stereocenters. The van der Waals surface area contributed by atoms with E-state index in [0.717, 1.165) is 35.6 Å². The first-order valence-electron chi connectivity index (χ1n) is 12.7. The van der Waals surface area contributed by atoms with E-state index in [4.69, 9.17) is 5.11 Å². The lowest BCUT2D eigenvalue weighted by Gasteiger charge is -2.23. The van der Waals surface area contributed by atoms with Gasteiger partial charge in [0, 0.05) is 35.4 Å². The number of amides is 1. The number of aliphatic hydroxyl groups is 1. The fraction of sp³-hybridized carbons (Fsp3) is 0.429. The Hall–Kier alpha value is -3.16. The molecule has 3 aromatic heterocycles. The van der Waals surface area contributed by atoms with Gasteiger partial charge in [-0.2, -0.15) is 0 Å². The van der Waals surface area contributed by atoms with Gasteiger partial charge in [0.1, 0.15) is 5.65 Å². The first kappa shape index (κ1) is 23.6. The van der Waals surface area contributed by atoms with Gasteiger partial charge in [0.25, 0.3) is 0 Å². The van der Waals surface area contributed by atoms with E-state index < -0.39 is 0 Å². The van der Waals surface area contributed by atoms with Gasteiger partial charge >= 0.3 is 0 Å². The third-order valence-electron chi connectivity index (χ3n) is 7.10. The summed E-state index contributed by atoms with van der Waals surface area (Å²) in [6.45, 7) is 8.95. The molecule has 5 rings (SSSR count). The number of H-pyrrole nitrogens is 1. The number of imidazole rings is 1. The lowest BCUT2D eigenvalue weighted by atomic mass is 9.88. The molecule has 184 valence electrons. The van der Waals surface area contributed by atoms with Gasteiger partial charge in [-0.1, -0.05) is 19.9 Å². The molecule has 1 aliphatic rings. The van der Waals surface area contributed by atoms with Gasteiger partial charge in [0.05, 0.1) is 24.4 Å². The highest BCUT2D eigenvalue weighted by Gasteiger charge is 2.21. The van der Waals surface area contributed by atoms with Gasteiger partial charge in [-0.25, -0.2) is 4.98 Å². The number of hydrogen-bond acceptors (Lipinski definition) is 4. The number of pyridine rings is 1. The van der Waals surface area contributed by atoms with Crippen molar-refractivity contribution in [3.8, 4) is 11.3 Å². The molecular formula is C28H35N5O2. The van der Waals surface area contributed by atoms with E-state index in [1.165, 1.54) is 34.9 Å². The highest BCUT2D eigenvalue weighted by atomic mass is 16.3. The summed E-state index contributed by atoms with van der Waals surface area (Å²) in [4.78, 5) is 20.5. The molecule has 1 aliphatic heterocycles. The van der Waals surface area contributed by atoms with Crippen LogP contribution in [0.3, 0.4) is 0 Å². The molecule has 0 aliphatic carbocycles. The molecule has 0 spiro atoms. The van der Waals surface area contributed by atoms with Crippen LogP contribution in [0, 0.1) is 6.92 Å². The van der Waals surface area contributed by atoms with Gasteiger partial charge < -0.3 is 25.1 Å². The normalized spacial score (nSPS) is 14.9. The summed E-state index contributed by atoms with van der Waals surface area (Å²) in [7, 11) is 0. The van der Waals surface area contributed by atoms with Crippen molar-refractivity contribution in [3.63, 3.8) is 0 Å². The van der Waals surface area contributed by atoms with Crippen LogP contribution >= 0.6 is 0 Å². The standard InChI is InChI=1S/C28H35N5O2/c1-17(2)26-23-13-20(19-6-8-29-9-7-19)4-5-24(23)32-27(26)21-12-18(3)28-31-22(16-33(28)15-21)14-25(35)30-10-11-34/h4-5,12-13,15-17,19,29,32,34H,6-11,14H2,1-3H3,(H,30,35). The maximum absolute atomic E-state index is 12.1. The second kappa shape index (κ2) is 9.84. The monoisotopic (exact) mass is 473 g/mol. The number of piperidine rings is 1. The molecule has 0 bridgehead atoms. The molecule has 0 saturated carbocycles. The largest absolute Gasteiger partial charge is 0.395 e. The van der Waals surface area contributed by atoms with Gasteiger partial charge in [0.2, 0.25) is 5.91 Å². The van der Waals surface area contributed by atoms with E-state index in [1.807, 2.05) is 10.6 Å². The van der Waals surface area contributed by atoms with Crippen LogP contribution in [0.5, 0.6) is 0 Å². The molecule has 1 saturated heterocycles. The first-order chi connectivity index (χ1) is 16.9. The zero-order chi connectivity index (χ0) is 24.5. The molecule has 1 amide bonds. The van der Waals surface area contributed by atoms with Crippen molar-refractivity contribution in [1.29, 1.82) is 0 Å². The number of hydrogen-bond donors (Lipinski definition) is 4. The number of carbonyl (C=O) groups excluding carboxylic acids is 1. The van der Waals surface area contributed by atoms with Crippen molar-refractivity contribution in [2.45, 2.75) is 51.9 Å². The van der Waals surface area contributed by atoms with E-state index in [-0.39, 0.29) is 25.5 Å². The molecule has 1 aromatic carbocycles. The zero-order valence-electron chi connectivity index (χ0n) is 20.8. The summed E-state index contributed by atoms with van der Waals surface area (Å²) >= 11 is 0. The molecular weight excluding hydrogens is 438 g/mol. The molecule has 0 radical (unpaired) electrons. The van der Waals surface area contributed by atoms with Crippen LogP contribution in [0.15, 0.2) is 36.7 Å². The Bertz CT molecular complexity index is 1360. The summed E-state index contributed by atoms with van der Waals surface area (Å²) in [6, 6.07) is 9.13. The number of aliphatic hydroxyl groups excluding tert-OH is 1. The average molecular weight is 474 g/mol. The summed E-state index contributed by atoms with van der Waals surface area (Å²) in [5.74, 6) is 0.853. The number of aromatic nitrogens is 3. The van der Waals surface area contributed by atoms with E-state index in [1.54, 1.807) is 0 Å². The molecule has 4 heterocycles. The highest BCUT2D eigenvalue weighted by molar-refractivity contribution is 5.92. The maximum Gasteiger partial charge on any atom is 0.226 e. The molecule has 4 aromatic rings. The van der Waals surface area contributed by atoms with E-state index in [0.29, 0.717) is 17.5 Å². The fourth-order valence-corrected chi connectivity index (χ4v) is 5.43. The number of nitrogens with one attached hydrogen (secondary N) is 3. The minimum Gasteiger partial charge on any atom is -0.395 e. The van der Waals surface area contributed by atoms with E-state index in [2.05, 4.69) is 71.8 Å². The Kier molecular flexibility index (Phi) is 6.62. The summed E-state index contributed by atoms with van der Waals surface area (Å²) in [6.07, 6.45) is 6.61. The van der Waals surface area contributed by atoms with Crippen LogP contribution < -0.4 is 10.6 Å². The van der Waals surface area contributed by atoms with Crippen LogP contribution in [0.1, 0.15) is 60.9 Å². The summed E-state index contributed by atoms with van der Waals surface area (Å²) in [5.41, 5.74) is 8.86. The van der Waals surface area contributed by atoms with E-state index >= 15 is 0 Å². The summed E-state index contributed by atoms with van der Waals surface area (Å²) in [5, 5.41) is 16.4. The predicted molar refractivity (Wildman–Crippen MR) is 140 cm³/mol. The van der Waals surface area contributed by atoms with Crippen LogP contribution in [-0.2, 0) is 11.2 Å². The Labute approximate surface area is 206 Å². The second-order valence-corrected chi connectivity index (χ2v) is 10.0. The lowest BCUT2D eigenvalue weighted by molar-refractivity contribution is -0.120. The number of aromatic amines is 1. The number of aryl methyl sites for hydroxylation is 1. The van der Waals surface area contributed by atoms with E-state index in [9.17, 15) is 4.79 Å². The van der Waals surface area contributed by atoms with Gasteiger partial charge in [0.15, 0.2) is 0 Å². The van der Waals surface area contributed by atoms with Crippen LogP contribution in [-0.4, -0.2) is 51.6 Å². The Morgan fingerprint density at radius 2 is 2.03 bits per heavy atom. The number of rotatable bonds is 7. The summed E-state index contributed by atoms with van der Waals surface area (Å²) < 4.78 is 2.02. The number of benzene rings is 1. The predicted octanol–water partition coefficient (Wildman–Crippen LogP) is 4.03. The minimum absolute atomic E-state index is 0.0680. The number of nitrogens with zero attached hydrogens (tertiary/aromatic N) is 2. The molecule has 7 nitrogen and oxygen atoms in total. The fourth-order valence-electron chi connectivity index (χ4n) is 5.43. The van der Waals surface area contributed by atoms with Crippen molar-refractivity contribution >= 4 is 22.5 Å². The van der Waals surface area contributed by atoms with Crippen molar-refractivity contribution in [3.05, 3.63) is 59.0 Å². The van der Waals surface area contributed by atoms with Gasteiger partial charge in [-0.05, 0) is 79.6 Å². The first-order valence-corrected chi connectivity index (χ1v) is 12.7. The topological polar surface area (TPSA) is 94.5 Å². The Balaban J connectivity index is 1.54. The number of fused-ring (bicyclic) bond motifs is 2. The Morgan fingerprint density at radius 1 is 1.23 bits per heavy atom. The van der Waals surface area contributed by atoms with Gasteiger partial charge in [-0.15, -0.1) is 0 Å². The van der Waals surface area contributed by atoms with Crippen molar-refractivity contribution < 1.29 is 9.90 Å². The average Bonchev–Trinajstić information content (AvgIpc) is 3.44. The second-order valence-electron chi connectivity index (χ2n) is 10.0. The smallest absolute Gasteiger partial charge is 0.226 e. The number of carbonyl (C=O) groups is 1. The molecule has 1 fully saturated rings. The van der Waals surface area contributed by atoms with Crippen LogP contribution in [0.2, 0.25) is 0 Å². The van der Waals surface area contributed by atoms with Crippen molar-refractivity contribution in [1.82, 2.24) is 25.0 Å². The third-order valence-corrected chi connectivity index (χ3v) is 7.10. The van der Waals surface area contributed by atoms with Crippen LogP contribution in [0.4, 0.5) is 0 Å². The third kappa shape index (κ3) is 4.70. The lowest BCUT2D eigenvalue weighted by Crippen LogP contribution is -2.27. The molecule has 35 heavy (non-hydrogen) atoms. The SMILES string of the molecule is Cc1cc(-c2[nH]c3ccc(C4CCNCC4)cc3c2C(C)C)cn2cc(CC(=O)NCCO)nc12. The maximum atomic E-state index is 12.1. The van der Waals surface area contributed by atoms with Crippen LogP contribution in [0.25, 0.3) is 27.8 Å². The minimum atomic E-state index is -0.136. The highest BCUT2D eigenvalue weighted by Crippen LogP contribution is 2.38. The quantitative estimate of drug-likeness (QED) is 0.326. The van der Waals surface area contributed by atoms with Crippen molar-refractivity contribution in [2.24, 2.45) is 0 Å². The van der Waals surface area contributed by atoms with Crippen molar-refractivity contribution in [2.75, 3.05) is 26.2 Å². The zero-order valence-corrected chi connectivity index (χ0v) is 20.8.